The van der Waals surface area contributed by atoms with Crippen LogP contribution in [0.2, 0.25) is 0 Å². The number of fused-ring (bicyclic) bond motifs is 2. The number of rotatable bonds is 3. The minimum Gasteiger partial charge on any atom is -0.381 e. The molecule has 1 fully saturated rings. The van der Waals surface area contributed by atoms with Gasteiger partial charge in [0, 0.05) is 61.6 Å². The topological polar surface area (TPSA) is 71.7 Å². The van der Waals surface area contributed by atoms with E-state index in [0.29, 0.717) is 30.8 Å². The quantitative estimate of drug-likeness (QED) is 0.406. The van der Waals surface area contributed by atoms with Crippen molar-refractivity contribution in [3.8, 4) is 11.1 Å². The maximum atomic E-state index is 14.0. The van der Waals surface area contributed by atoms with Crippen molar-refractivity contribution in [2.75, 3.05) is 50.0 Å². The highest BCUT2D eigenvalue weighted by Gasteiger charge is 2.28. The number of para-hydroxylation sites is 2. The van der Waals surface area contributed by atoms with Crippen molar-refractivity contribution in [2.45, 2.75) is 19.4 Å². The Morgan fingerprint density at radius 1 is 0.868 bits per heavy atom. The third kappa shape index (κ3) is 4.54. The maximum Gasteiger partial charge on any atom is 0.258 e. The van der Waals surface area contributed by atoms with E-state index in [1.807, 2.05) is 76.7 Å². The van der Waals surface area contributed by atoms with Gasteiger partial charge in [-0.3, -0.25) is 9.59 Å². The van der Waals surface area contributed by atoms with Crippen LogP contribution in [0.4, 0.5) is 11.4 Å². The first-order valence-corrected chi connectivity index (χ1v) is 13.3. The molecule has 0 saturated carbocycles. The van der Waals surface area contributed by atoms with Crippen molar-refractivity contribution in [3.63, 3.8) is 0 Å². The Morgan fingerprint density at radius 3 is 2.53 bits per heavy atom. The third-order valence-corrected chi connectivity index (χ3v) is 7.78. The van der Waals surface area contributed by atoms with Gasteiger partial charge in [0.2, 0.25) is 0 Å². The summed E-state index contributed by atoms with van der Waals surface area (Å²) >= 11 is 0. The molecule has 2 amide bonds. The summed E-state index contributed by atoms with van der Waals surface area (Å²) in [6.07, 6.45) is 2.75. The highest BCUT2D eigenvalue weighted by molar-refractivity contribution is 6.11. The van der Waals surface area contributed by atoms with E-state index in [0.717, 1.165) is 52.9 Å². The van der Waals surface area contributed by atoms with Crippen molar-refractivity contribution in [2.24, 2.45) is 0 Å². The maximum absolute atomic E-state index is 14.0. The van der Waals surface area contributed by atoms with Crippen LogP contribution < -0.4 is 10.2 Å². The van der Waals surface area contributed by atoms with Gasteiger partial charge < -0.3 is 25.0 Å². The second-order valence-electron chi connectivity index (χ2n) is 10.4. The van der Waals surface area contributed by atoms with Crippen LogP contribution in [0.15, 0.2) is 72.9 Å². The van der Waals surface area contributed by atoms with Crippen LogP contribution in [0.25, 0.3) is 22.0 Å². The van der Waals surface area contributed by atoms with E-state index in [1.54, 1.807) is 0 Å². The predicted molar refractivity (Wildman–Crippen MR) is 153 cm³/mol. The first-order valence-electron chi connectivity index (χ1n) is 13.3. The Balaban J connectivity index is 1.41. The fourth-order valence-corrected chi connectivity index (χ4v) is 5.49. The van der Waals surface area contributed by atoms with Gasteiger partial charge in [-0.1, -0.05) is 24.3 Å². The van der Waals surface area contributed by atoms with Crippen molar-refractivity contribution in [1.82, 2.24) is 14.8 Å². The fourth-order valence-electron chi connectivity index (χ4n) is 5.49. The van der Waals surface area contributed by atoms with Gasteiger partial charge in [0.15, 0.2) is 0 Å². The normalized spacial score (nSPS) is 18.1. The van der Waals surface area contributed by atoms with Gasteiger partial charge in [-0.05, 0) is 79.4 Å². The predicted octanol–water partition coefficient (Wildman–Crippen LogP) is 5.07. The number of anilines is 2. The minimum absolute atomic E-state index is 0.0246. The van der Waals surface area contributed by atoms with E-state index in [4.69, 9.17) is 0 Å². The summed E-state index contributed by atoms with van der Waals surface area (Å²) in [7, 11) is 2.08. The molecule has 3 aromatic carbocycles. The van der Waals surface area contributed by atoms with E-state index < -0.39 is 0 Å². The third-order valence-electron chi connectivity index (χ3n) is 7.78. The Hall–Kier alpha value is -4.10. The van der Waals surface area contributed by atoms with E-state index in [2.05, 4.69) is 35.2 Å². The minimum atomic E-state index is -0.0894. The zero-order valence-corrected chi connectivity index (χ0v) is 21.9. The monoisotopic (exact) mass is 507 g/mol. The van der Waals surface area contributed by atoms with Crippen LogP contribution in [0.5, 0.6) is 0 Å². The Labute approximate surface area is 223 Å². The lowest BCUT2D eigenvalue weighted by atomic mass is 9.95. The summed E-state index contributed by atoms with van der Waals surface area (Å²) in [4.78, 5) is 37.1. The molecule has 1 saturated heterocycles. The molecule has 38 heavy (non-hydrogen) atoms. The molecule has 2 aliphatic rings. The SMILES string of the molecule is C[C@H]1CCN(C(=O)c2ccc(-c3ccc4[nH]ccc4c3)c(C(=O)N3CCN(C)CC3)c2)c2ccccc2N1. The number of aromatic nitrogens is 1. The first kappa shape index (κ1) is 24.2. The lowest BCUT2D eigenvalue weighted by molar-refractivity contribution is 0.0665. The number of hydrogen-bond donors (Lipinski definition) is 2. The largest absolute Gasteiger partial charge is 0.381 e. The van der Waals surface area contributed by atoms with E-state index in [-0.39, 0.29) is 17.9 Å². The van der Waals surface area contributed by atoms with Gasteiger partial charge in [0.05, 0.1) is 11.4 Å². The van der Waals surface area contributed by atoms with Crippen LogP contribution in [0.1, 0.15) is 34.1 Å². The number of aromatic amines is 1. The molecule has 0 unspecified atom stereocenters. The van der Waals surface area contributed by atoms with E-state index >= 15 is 0 Å². The van der Waals surface area contributed by atoms with Gasteiger partial charge in [-0.15, -0.1) is 0 Å². The lowest BCUT2D eigenvalue weighted by Crippen LogP contribution is -2.47. The molecule has 1 aromatic heterocycles. The van der Waals surface area contributed by atoms with Gasteiger partial charge in [-0.25, -0.2) is 0 Å². The van der Waals surface area contributed by atoms with Crippen LogP contribution in [0, 0.1) is 0 Å². The number of carbonyl (C=O) groups is 2. The van der Waals surface area contributed by atoms with Crippen molar-refractivity contribution < 1.29 is 9.59 Å². The molecular weight excluding hydrogens is 474 g/mol. The summed E-state index contributed by atoms with van der Waals surface area (Å²) in [5, 5.41) is 4.60. The number of H-pyrrole nitrogens is 1. The van der Waals surface area contributed by atoms with Crippen LogP contribution in [0.3, 0.4) is 0 Å². The highest BCUT2D eigenvalue weighted by atomic mass is 16.2. The van der Waals surface area contributed by atoms with Crippen molar-refractivity contribution in [1.29, 1.82) is 0 Å². The zero-order valence-electron chi connectivity index (χ0n) is 21.9. The molecule has 6 rings (SSSR count). The Bertz CT molecular complexity index is 1500. The Kier molecular flexibility index (Phi) is 6.37. The second-order valence-corrected chi connectivity index (χ2v) is 10.4. The van der Waals surface area contributed by atoms with Crippen LogP contribution >= 0.6 is 0 Å². The second kappa shape index (κ2) is 9.99. The van der Waals surface area contributed by atoms with Crippen molar-refractivity contribution in [3.05, 3.63) is 84.1 Å². The zero-order chi connectivity index (χ0) is 26.2. The number of benzene rings is 3. The number of hydrogen-bond acceptors (Lipinski definition) is 4. The molecule has 2 aliphatic heterocycles. The standard InChI is InChI=1S/C31H33N5O2/c1-21-12-14-36(29-6-4-3-5-28(29)33-21)30(37)24-7-9-25(22-8-10-27-23(19-22)11-13-32-27)26(20-24)31(38)35-17-15-34(2)16-18-35/h3-11,13,19-21,32-33H,12,14-18H2,1-2H3/t21-/m0/s1. The summed E-state index contributed by atoms with van der Waals surface area (Å²) in [5.41, 5.74) is 5.79. The average Bonchev–Trinajstić information content (AvgIpc) is 3.34. The summed E-state index contributed by atoms with van der Waals surface area (Å²) in [6, 6.07) is 22.0. The fraction of sp³-hybridized carbons (Fsp3) is 0.290. The average molecular weight is 508 g/mol. The van der Waals surface area contributed by atoms with Crippen LogP contribution in [-0.4, -0.2) is 72.4 Å². The number of likely N-dealkylation sites (N-methyl/N-ethyl adjacent to an activating group) is 1. The number of carbonyl (C=O) groups excluding carboxylic acids is 2. The number of piperazine rings is 1. The van der Waals surface area contributed by atoms with E-state index in [9.17, 15) is 9.59 Å². The molecule has 0 aliphatic carbocycles. The molecular formula is C31H33N5O2. The molecule has 4 aromatic rings. The van der Waals surface area contributed by atoms with Gasteiger partial charge in [0.25, 0.3) is 11.8 Å². The van der Waals surface area contributed by atoms with E-state index in [1.165, 1.54) is 0 Å². The summed E-state index contributed by atoms with van der Waals surface area (Å²) in [5.74, 6) is -0.114. The molecule has 7 heteroatoms. The molecule has 0 bridgehead atoms. The molecule has 1 atom stereocenters. The first-order chi connectivity index (χ1) is 18.5. The molecule has 0 radical (unpaired) electrons. The highest BCUT2D eigenvalue weighted by Crippen LogP contribution is 2.33. The number of nitrogens with zero attached hydrogens (tertiary/aromatic N) is 3. The van der Waals surface area contributed by atoms with Crippen LogP contribution in [-0.2, 0) is 0 Å². The Morgan fingerprint density at radius 2 is 1.68 bits per heavy atom. The van der Waals surface area contributed by atoms with Gasteiger partial charge >= 0.3 is 0 Å². The molecule has 3 heterocycles. The van der Waals surface area contributed by atoms with Gasteiger partial charge in [-0.2, -0.15) is 0 Å². The number of nitrogens with one attached hydrogen (secondary N) is 2. The molecule has 2 N–H and O–H groups in total. The summed E-state index contributed by atoms with van der Waals surface area (Å²) < 4.78 is 0. The number of amides is 2. The smallest absolute Gasteiger partial charge is 0.258 e. The molecule has 7 nitrogen and oxygen atoms in total. The lowest BCUT2D eigenvalue weighted by Gasteiger charge is -2.33. The molecule has 194 valence electrons. The molecule has 0 spiro atoms. The van der Waals surface area contributed by atoms with Crippen molar-refractivity contribution >= 4 is 34.1 Å². The summed E-state index contributed by atoms with van der Waals surface area (Å²) in [6.45, 7) is 5.76. The van der Waals surface area contributed by atoms with Gasteiger partial charge in [0.1, 0.15) is 0 Å².